The standard InChI is InChI=1S/C41H75NO16/c1-13-29-26(19-54-41-39(53-12)38(52-11)35(48)24(6)56-41)33(46)20(2)14-15-27(43)21(3)16-25(17-31(50-9)51-10)37(22(4)28(44)18-30(45)57-29)58-40-36(49)32(42(7)8)34(47)23(5)55-40/h20-26,28-29,31-41,44,46-49H,13-19H2,1-12H3/t20?,21-,22+,23-,24-,25-,26-,28-,29-,32+,33-,34-,35-,36-,37-,38-,39-,40+,41-/m1/s1. The number of aliphatic hydroxyl groups is 5. The number of methoxy groups -OCH3 is 4. The largest absolute Gasteiger partial charge is 0.462 e. The van der Waals surface area contributed by atoms with Crippen LogP contribution in [0.5, 0.6) is 0 Å². The van der Waals surface area contributed by atoms with Crippen LogP contribution in [0.3, 0.4) is 0 Å². The molecule has 0 saturated carbocycles. The van der Waals surface area contributed by atoms with Crippen LogP contribution in [-0.2, 0) is 52.2 Å². The van der Waals surface area contributed by atoms with Crippen LogP contribution in [-0.4, -0.2) is 183 Å². The first-order chi connectivity index (χ1) is 27.3. The van der Waals surface area contributed by atoms with Crippen LogP contribution >= 0.6 is 0 Å². The molecule has 5 N–H and O–H groups in total. The second-order valence-corrected chi connectivity index (χ2v) is 16.9. The molecule has 17 nitrogen and oxygen atoms in total. The van der Waals surface area contributed by atoms with Crippen molar-refractivity contribution in [3.8, 4) is 0 Å². The average molecular weight is 838 g/mol. The summed E-state index contributed by atoms with van der Waals surface area (Å²) >= 11 is 0. The van der Waals surface area contributed by atoms with Gasteiger partial charge in [-0.05, 0) is 59.0 Å². The first kappa shape index (κ1) is 50.9. The number of ketones is 1. The predicted octanol–water partition coefficient (Wildman–Crippen LogP) is 1.26. The quantitative estimate of drug-likeness (QED) is 0.130. The van der Waals surface area contributed by atoms with Gasteiger partial charge in [-0.3, -0.25) is 9.59 Å². The molecule has 0 aromatic heterocycles. The van der Waals surface area contributed by atoms with E-state index >= 15 is 0 Å². The van der Waals surface area contributed by atoms with E-state index in [0.717, 1.165) is 0 Å². The monoisotopic (exact) mass is 838 g/mol. The molecule has 0 amide bonds. The van der Waals surface area contributed by atoms with Crippen LogP contribution in [0.2, 0.25) is 0 Å². The molecule has 3 heterocycles. The van der Waals surface area contributed by atoms with Crippen molar-refractivity contribution >= 4 is 11.8 Å². The second kappa shape index (κ2) is 23.7. The van der Waals surface area contributed by atoms with Gasteiger partial charge in [0.25, 0.3) is 0 Å². The number of hydrogen-bond acceptors (Lipinski definition) is 17. The molecule has 19 atom stereocenters. The van der Waals surface area contributed by atoms with E-state index in [1.807, 2.05) is 20.8 Å². The van der Waals surface area contributed by atoms with Crippen LogP contribution in [0.4, 0.5) is 0 Å². The Morgan fingerprint density at radius 1 is 0.793 bits per heavy atom. The Balaban J connectivity index is 2.00. The minimum Gasteiger partial charge on any atom is -0.462 e. The Morgan fingerprint density at radius 2 is 1.40 bits per heavy atom. The van der Waals surface area contributed by atoms with E-state index in [0.29, 0.717) is 6.42 Å². The number of Topliss-reactive ketones (excluding diaryl/α,β-unsaturated/α-hetero) is 1. The highest BCUT2D eigenvalue weighted by atomic mass is 16.7. The lowest BCUT2D eigenvalue weighted by Gasteiger charge is -2.47. The third-order valence-electron chi connectivity index (χ3n) is 12.7. The average Bonchev–Trinajstić information content (AvgIpc) is 3.18. The first-order valence-electron chi connectivity index (χ1n) is 20.8. The summed E-state index contributed by atoms with van der Waals surface area (Å²) in [5.74, 6) is -3.78. The molecule has 1 unspecified atom stereocenters. The maximum atomic E-state index is 13.9. The maximum absolute atomic E-state index is 13.9. The zero-order chi connectivity index (χ0) is 43.6. The predicted molar refractivity (Wildman–Crippen MR) is 209 cm³/mol. The molecule has 0 radical (unpaired) electrons. The summed E-state index contributed by atoms with van der Waals surface area (Å²) in [7, 11) is 9.36. The zero-order valence-corrected chi connectivity index (χ0v) is 36.7. The van der Waals surface area contributed by atoms with Gasteiger partial charge in [0.05, 0.1) is 55.7 Å². The highest BCUT2D eigenvalue weighted by Gasteiger charge is 2.49. The van der Waals surface area contributed by atoms with Crippen LogP contribution < -0.4 is 0 Å². The smallest absolute Gasteiger partial charge is 0.308 e. The Hall–Kier alpha value is -1.42. The first-order valence-corrected chi connectivity index (χ1v) is 20.8. The van der Waals surface area contributed by atoms with Crippen molar-refractivity contribution in [1.82, 2.24) is 4.90 Å². The summed E-state index contributed by atoms with van der Waals surface area (Å²) in [6.45, 7) is 10.4. The molecule has 3 aliphatic rings. The highest BCUT2D eigenvalue weighted by molar-refractivity contribution is 5.80. The van der Waals surface area contributed by atoms with E-state index in [1.54, 1.807) is 39.8 Å². The van der Waals surface area contributed by atoms with Crippen LogP contribution in [0.25, 0.3) is 0 Å². The van der Waals surface area contributed by atoms with Gasteiger partial charge in [-0.15, -0.1) is 0 Å². The number of cyclic esters (lactones) is 1. The maximum Gasteiger partial charge on any atom is 0.308 e. The van der Waals surface area contributed by atoms with Gasteiger partial charge in [-0.1, -0.05) is 27.7 Å². The van der Waals surface area contributed by atoms with E-state index in [4.69, 9.17) is 42.6 Å². The number of aliphatic hydroxyl groups excluding tert-OH is 5. The van der Waals surface area contributed by atoms with Gasteiger partial charge in [-0.25, -0.2) is 0 Å². The van der Waals surface area contributed by atoms with E-state index < -0.39 is 134 Å². The summed E-state index contributed by atoms with van der Waals surface area (Å²) in [4.78, 5) is 29.4. The van der Waals surface area contributed by atoms with Crippen molar-refractivity contribution in [2.24, 2.45) is 29.6 Å². The molecule has 0 spiro atoms. The van der Waals surface area contributed by atoms with Gasteiger partial charge in [0.15, 0.2) is 18.9 Å². The lowest BCUT2D eigenvalue weighted by atomic mass is 9.78. The highest BCUT2D eigenvalue weighted by Crippen LogP contribution is 2.37. The van der Waals surface area contributed by atoms with E-state index in [9.17, 15) is 35.1 Å². The molecular formula is C41H75NO16. The number of nitrogens with zero attached hydrogens (tertiary/aromatic N) is 1. The van der Waals surface area contributed by atoms with E-state index in [2.05, 4.69) is 0 Å². The SMILES string of the molecule is CC[C@H]1OC(=O)C[C@@H](O)[C@H](C)[C@@H](O[C@@H]2O[C@H](C)[C@@H](O)[C@H](N(C)C)[C@H]2O)[C@@H](CC(OC)OC)C[C@@H](C)C(=O)CCC(C)[C@@H](O)[C@@H]1CO[C@@H]1O[C@H](C)[C@@H](O)[C@@H](OC)[C@H]1OC. The third kappa shape index (κ3) is 12.8. The Bertz CT molecular complexity index is 1230. The summed E-state index contributed by atoms with van der Waals surface area (Å²) in [6.07, 6.45) is -12.5. The molecule has 3 aliphatic heterocycles. The lowest BCUT2D eigenvalue weighted by molar-refractivity contribution is -0.307. The number of hydrogen-bond donors (Lipinski definition) is 5. The van der Waals surface area contributed by atoms with Crippen LogP contribution in [0.15, 0.2) is 0 Å². The molecule has 17 heteroatoms. The van der Waals surface area contributed by atoms with Crippen molar-refractivity contribution < 1.29 is 77.8 Å². The molecule has 3 saturated heterocycles. The molecule has 3 fully saturated rings. The Kier molecular flexibility index (Phi) is 20.8. The third-order valence-corrected chi connectivity index (χ3v) is 12.7. The fraction of sp³-hybridized carbons (Fsp3) is 0.951. The number of ether oxygens (including phenoxy) is 9. The molecule has 340 valence electrons. The molecule has 58 heavy (non-hydrogen) atoms. The van der Waals surface area contributed by atoms with Gasteiger partial charge in [-0.2, -0.15) is 0 Å². The second-order valence-electron chi connectivity index (χ2n) is 16.9. The van der Waals surface area contributed by atoms with Gasteiger partial charge in [0.1, 0.15) is 36.3 Å². The molecule has 0 aliphatic carbocycles. The van der Waals surface area contributed by atoms with Crippen molar-refractivity contribution in [3.05, 3.63) is 0 Å². The molecular weight excluding hydrogens is 762 g/mol. The normalized spacial score (nSPS) is 43.1. The molecule has 0 bridgehead atoms. The topological polar surface area (TPSA) is 222 Å². The Labute approximate surface area is 344 Å². The minimum atomic E-state index is -1.33. The number of carbonyl (C=O) groups is 2. The van der Waals surface area contributed by atoms with Gasteiger partial charge in [0.2, 0.25) is 0 Å². The van der Waals surface area contributed by atoms with Crippen molar-refractivity contribution in [2.45, 2.75) is 172 Å². The van der Waals surface area contributed by atoms with Crippen molar-refractivity contribution in [1.29, 1.82) is 0 Å². The summed E-state index contributed by atoms with van der Waals surface area (Å²) in [6, 6.07) is -0.735. The summed E-state index contributed by atoms with van der Waals surface area (Å²) < 4.78 is 53.2. The van der Waals surface area contributed by atoms with Crippen molar-refractivity contribution in [2.75, 3.05) is 49.1 Å². The van der Waals surface area contributed by atoms with Gasteiger partial charge < -0.3 is 73.1 Å². The Morgan fingerprint density at radius 3 is 1.97 bits per heavy atom. The number of esters is 1. The molecule has 0 aromatic rings. The molecule has 0 aromatic carbocycles. The van der Waals surface area contributed by atoms with Gasteiger partial charge >= 0.3 is 5.97 Å². The number of likely N-dealkylation sites (N-methyl/N-ethyl adjacent to an activating group) is 1. The zero-order valence-electron chi connectivity index (χ0n) is 36.7. The number of carbonyl (C=O) groups excluding carboxylic acids is 2. The van der Waals surface area contributed by atoms with E-state index in [-0.39, 0.29) is 38.1 Å². The fourth-order valence-corrected chi connectivity index (χ4v) is 8.79. The minimum absolute atomic E-state index is 0.0455. The molecule has 3 rings (SSSR count). The van der Waals surface area contributed by atoms with Crippen LogP contribution in [0, 0.1) is 29.6 Å². The fourth-order valence-electron chi connectivity index (χ4n) is 8.79. The lowest BCUT2D eigenvalue weighted by Crippen LogP contribution is -2.63. The van der Waals surface area contributed by atoms with Crippen molar-refractivity contribution in [3.63, 3.8) is 0 Å². The summed E-state index contributed by atoms with van der Waals surface area (Å²) in [5, 5.41) is 56.7. The van der Waals surface area contributed by atoms with Gasteiger partial charge in [0, 0.05) is 59.0 Å². The van der Waals surface area contributed by atoms with E-state index in [1.165, 1.54) is 28.4 Å². The number of rotatable bonds is 13. The van der Waals surface area contributed by atoms with Crippen LogP contribution in [0.1, 0.15) is 80.1 Å². The summed E-state index contributed by atoms with van der Waals surface area (Å²) in [5.41, 5.74) is 0.